The summed E-state index contributed by atoms with van der Waals surface area (Å²) in [4.78, 5) is 11.5. The summed E-state index contributed by atoms with van der Waals surface area (Å²) in [5.41, 5.74) is 5.29. The Morgan fingerprint density at radius 2 is 2.06 bits per heavy atom. The fourth-order valence-corrected chi connectivity index (χ4v) is 1.02. The summed E-state index contributed by atoms with van der Waals surface area (Å²) in [6, 6.07) is -0.273. The Hall–Kier alpha value is -1.30. The fourth-order valence-electron chi connectivity index (χ4n) is 1.02. The Labute approximate surface area is 96.3 Å². The molecule has 0 rings (SSSR count). The zero-order valence-corrected chi connectivity index (χ0v) is 10.2. The molecule has 0 aliphatic carbocycles. The van der Waals surface area contributed by atoms with Gasteiger partial charge < -0.3 is 21.6 Å². The molecule has 0 radical (unpaired) electrons. The summed E-state index contributed by atoms with van der Waals surface area (Å²) in [6.07, 6.45) is 0.415. The lowest BCUT2D eigenvalue weighted by molar-refractivity contribution is -0.122. The lowest BCUT2D eigenvalue weighted by Crippen LogP contribution is -2.44. The number of nitrogens with two attached hydrogens (primary N) is 1. The molecule has 0 aromatic heterocycles. The van der Waals surface area contributed by atoms with Crippen molar-refractivity contribution in [1.82, 2.24) is 10.6 Å². The van der Waals surface area contributed by atoms with Gasteiger partial charge in [0.15, 0.2) is 0 Å². The molecule has 5 N–H and O–H groups in total. The number of hydrogen-bond donors (Lipinski definition) is 4. The number of nitrogens with one attached hydrogen (secondary N) is 2. The first kappa shape index (κ1) is 14.7. The minimum atomic E-state index is -0.273. The van der Waals surface area contributed by atoms with Crippen molar-refractivity contribution in [1.29, 1.82) is 0 Å². The Bertz CT molecular complexity index is 241. The molecule has 0 saturated carbocycles. The predicted molar refractivity (Wildman–Crippen MR) is 63.3 cm³/mol. The van der Waals surface area contributed by atoms with E-state index in [2.05, 4.69) is 15.8 Å². The van der Waals surface area contributed by atoms with E-state index in [4.69, 9.17) is 10.9 Å². The summed E-state index contributed by atoms with van der Waals surface area (Å²) >= 11 is 0. The first-order valence-electron chi connectivity index (χ1n) is 5.44. The first-order chi connectivity index (χ1) is 7.47. The summed E-state index contributed by atoms with van der Waals surface area (Å²) in [5.74, 6) is 0.559. The van der Waals surface area contributed by atoms with E-state index in [1.165, 1.54) is 0 Å². The lowest BCUT2D eigenvalue weighted by atomic mass is 10.2. The zero-order valence-electron chi connectivity index (χ0n) is 10.2. The molecule has 0 aliphatic rings. The Morgan fingerprint density at radius 1 is 1.44 bits per heavy atom. The second-order valence-electron chi connectivity index (χ2n) is 4.16. The minimum absolute atomic E-state index is 0.0341. The van der Waals surface area contributed by atoms with Crippen molar-refractivity contribution in [3.05, 3.63) is 0 Å². The molecule has 6 nitrogen and oxygen atoms in total. The van der Waals surface area contributed by atoms with Crippen LogP contribution in [-0.2, 0) is 4.79 Å². The van der Waals surface area contributed by atoms with Gasteiger partial charge in [-0.15, -0.1) is 0 Å². The van der Waals surface area contributed by atoms with Crippen LogP contribution in [0.25, 0.3) is 0 Å². The van der Waals surface area contributed by atoms with E-state index in [9.17, 15) is 4.79 Å². The Morgan fingerprint density at radius 3 is 2.56 bits per heavy atom. The summed E-state index contributed by atoms with van der Waals surface area (Å²) < 4.78 is 0. The molecule has 1 amide bonds. The van der Waals surface area contributed by atoms with Gasteiger partial charge in [0, 0.05) is 19.5 Å². The number of carbonyl (C=O) groups is 1. The van der Waals surface area contributed by atoms with Gasteiger partial charge in [-0.2, -0.15) is 0 Å². The normalized spacial score (nSPS) is 13.9. The maximum atomic E-state index is 11.5. The molecular formula is C10H22N4O2. The molecule has 1 atom stereocenters. The molecule has 0 fully saturated rings. The van der Waals surface area contributed by atoms with Crippen LogP contribution >= 0.6 is 0 Å². The highest BCUT2D eigenvalue weighted by atomic mass is 16.4. The summed E-state index contributed by atoms with van der Waals surface area (Å²) in [5, 5.41) is 17.0. The van der Waals surface area contributed by atoms with Gasteiger partial charge in [0.1, 0.15) is 5.84 Å². The number of hydrogen-bond acceptors (Lipinski definition) is 4. The molecule has 0 aromatic rings. The van der Waals surface area contributed by atoms with Crippen molar-refractivity contribution < 1.29 is 10.0 Å². The molecule has 0 bridgehead atoms. The van der Waals surface area contributed by atoms with Gasteiger partial charge in [0.2, 0.25) is 5.91 Å². The van der Waals surface area contributed by atoms with Crippen LogP contribution in [0.2, 0.25) is 0 Å². The van der Waals surface area contributed by atoms with Gasteiger partial charge in [-0.05, 0) is 12.8 Å². The quantitative estimate of drug-likeness (QED) is 0.212. The molecule has 0 aromatic carbocycles. The topological polar surface area (TPSA) is 99.7 Å². The molecule has 6 heteroatoms. The molecule has 0 aliphatic heterocycles. The maximum Gasteiger partial charge on any atom is 0.236 e. The van der Waals surface area contributed by atoms with E-state index in [-0.39, 0.29) is 17.8 Å². The van der Waals surface area contributed by atoms with Crippen LogP contribution in [0.15, 0.2) is 5.16 Å². The van der Waals surface area contributed by atoms with Crippen molar-refractivity contribution in [3.8, 4) is 0 Å². The smallest absolute Gasteiger partial charge is 0.236 e. The van der Waals surface area contributed by atoms with Gasteiger partial charge in [0.05, 0.1) is 6.04 Å². The van der Waals surface area contributed by atoms with Crippen LogP contribution in [-0.4, -0.2) is 36.1 Å². The number of amides is 1. The third-order valence-corrected chi connectivity index (χ3v) is 2.04. The van der Waals surface area contributed by atoms with Gasteiger partial charge in [-0.1, -0.05) is 19.0 Å². The van der Waals surface area contributed by atoms with Crippen molar-refractivity contribution in [2.45, 2.75) is 33.2 Å². The lowest BCUT2D eigenvalue weighted by Gasteiger charge is -2.14. The van der Waals surface area contributed by atoms with Crippen LogP contribution in [0.1, 0.15) is 27.2 Å². The van der Waals surface area contributed by atoms with Gasteiger partial charge in [-0.25, -0.2) is 0 Å². The predicted octanol–water partition coefficient (Wildman–Crippen LogP) is -0.127. The van der Waals surface area contributed by atoms with E-state index in [1.807, 2.05) is 13.8 Å². The second-order valence-corrected chi connectivity index (χ2v) is 4.16. The van der Waals surface area contributed by atoms with Crippen molar-refractivity contribution in [3.63, 3.8) is 0 Å². The first-order valence-corrected chi connectivity index (χ1v) is 5.44. The molecule has 0 spiro atoms. The van der Waals surface area contributed by atoms with E-state index >= 15 is 0 Å². The van der Waals surface area contributed by atoms with E-state index < -0.39 is 0 Å². The third-order valence-electron chi connectivity index (χ3n) is 2.04. The van der Waals surface area contributed by atoms with Crippen molar-refractivity contribution in [2.75, 3.05) is 13.1 Å². The minimum Gasteiger partial charge on any atom is -0.409 e. The van der Waals surface area contributed by atoms with Crippen LogP contribution in [0.4, 0.5) is 0 Å². The Kier molecular flexibility index (Phi) is 7.28. The van der Waals surface area contributed by atoms with E-state index in [0.29, 0.717) is 25.4 Å². The maximum absolute atomic E-state index is 11.5. The van der Waals surface area contributed by atoms with Crippen molar-refractivity contribution >= 4 is 11.7 Å². The molecule has 94 valence electrons. The number of amidine groups is 1. The molecule has 0 heterocycles. The second kappa shape index (κ2) is 7.92. The molecular weight excluding hydrogens is 208 g/mol. The summed E-state index contributed by atoms with van der Waals surface area (Å²) in [6.45, 7) is 7.03. The van der Waals surface area contributed by atoms with Gasteiger partial charge >= 0.3 is 0 Å². The van der Waals surface area contributed by atoms with E-state index in [1.54, 1.807) is 6.92 Å². The van der Waals surface area contributed by atoms with Crippen LogP contribution in [0, 0.1) is 5.92 Å². The third kappa shape index (κ3) is 7.05. The van der Waals surface area contributed by atoms with Gasteiger partial charge in [-0.3, -0.25) is 4.79 Å². The van der Waals surface area contributed by atoms with Crippen LogP contribution in [0.3, 0.4) is 0 Å². The Balaban J connectivity index is 3.71. The highest BCUT2D eigenvalue weighted by Gasteiger charge is 2.11. The average Bonchev–Trinajstić information content (AvgIpc) is 2.25. The monoisotopic (exact) mass is 230 g/mol. The molecule has 16 heavy (non-hydrogen) atoms. The SMILES string of the molecule is CC(C)CNC(=O)C(C)NCCC(N)=NO. The number of oxime groups is 1. The number of rotatable bonds is 7. The average molecular weight is 230 g/mol. The number of carbonyl (C=O) groups excluding carboxylic acids is 1. The van der Waals surface area contributed by atoms with Gasteiger partial charge in [0.25, 0.3) is 0 Å². The molecule has 1 unspecified atom stereocenters. The van der Waals surface area contributed by atoms with E-state index in [0.717, 1.165) is 0 Å². The van der Waals surface area contributed by atoms with Crippen LogP contribution < -0.4 is 16.4 Å². The van der Waals surface area contributed by atoms with Crippen LogP contribution in [0.5, 0.6) is 0 Å². The highest BCUT2D eigenvalue weighted by Crippen LogP contribution is 1.89. The number of nitrogens with zero attached hydrogens (tertiary/aromatic N) is 1. The zero-order chi connectivity index (χ0) is 12.6. The van der Waals surface area contributed by atoms with Crippen molar-refractivity contribution in [2.24, 2.45) is 16.8 Å². The molecule has 0 saturated heterocycles. The standard InChI is InChI=1S/C10H22N4O2/c1-7(2)6-13-10(15)8(3)12-5-4-9(11)14-16/h7-8,12,16H,4-6H2,1-3H3,(H2,11,14)(H,13,15). The fraction of sp³-hybridized carbons (Fsp3) is 0.800. The summed E-state index contributed by atoms with van der Waals surface area (Å²) in [7, 11) is 0. The highest BCUT2D eigenvalue weighted by molar-refractivity contribution is 5.82. The largest absolute Gasteiger partial charge is 0.409 e.